The average Bonchev–Trinajstić information content (AvgIpc) is 3.61. The van der Waals surface area contributed by atoms with Gasteiger partial charge in [0.05, 0.1) is 22.2 Å². The molecular formula is C52H31N3. The van der Waals surface area contributed by atoms with Crippen molar-refractivity contribution in [3.05, 3.63) is 188 Å². The van der Waals surface area contributed by atoms with Crippen molar-refractivity contribution in [2.24, 2.45) is 0 Å². The Kier molecular flexibility index (Phi) is 6.34. The molecule has 2 heterocycles. The van der Waals surface area contributed by atoms with Crippen molar-refractivity contribution in [3.63, 3.8) is 0 Å². The van der Waals surface area contributed by atoms with E-state index in [9.17, 15) is 0 Å². The normalized spacial score (nSPS) is 12.0. The quantitative estimate of drug-likeness (QED) is 0.172. The lowest BCUT2D eigenvalue weighted by molar-refractivity contribution is 1.02. The highest BCUT2D eigenvalue weighted by atomic mass is 15.2. The van der Waals surface area contributed by atoms with Gasteiger partial charge in [-0.15, -0.1) is 0 Å². The van der Waals surface area contributed by atoms with Crippen molar-refractivity contribution in [2.45, 2.75) is 0 Å². The highest BCUT2D eigenvalue weighted by Gasteiger charge is 2.23. The maximum absolute atomic E-state index is 5.57. The Labute approximate surface area is 316 Å². The number of hydrogen-bond donors (Lipinski definition) is 0. The zero-order valence-corrected chi connectivity index (χ0v) is 29.7. The van der Waals surface area contributed by atoms with E-state index in [0.717, 1.165) is 33.2 Å². The zero-order valence-electron chi connectivity index (χ0n) is 29.7. The molecule has 3 heteroatoms. The van der Waals surface area contributed by atoms with Crippen molar-refractivity contribution >= 4 is 86.6 Å². The fourth-order valence-electron chi connectivity index (χ4n) is 9.12. The molecule has 0 amide bonds. The van der Waals surface area contributed by atoms with Crippen LogP contribution in [-0.4, -0.2) is 14.5 Å². The maximum atomic E-state index is 5.57. The SMILES string of the molecule is c1ccc2c(-c3ccc(-c4nc(-n5c6c7ccccc7ccc6c6ccc7c8ccccc8c8ccccc8c7c65)nc5ccccc45)cc3)cccc2c1. The predicted octanol–water partition coefficient (Wildman–Crippen LogP) is 13.8. The van der Waals surface area contributed by atoms with E-state index in [1.807, 2.05) is 0 Å². The molecule has 0 radical (unpaired) electrons. The Morgan fingerprint density at radius 3 is 1.58 bits per heavy atom. The van der Waals surface area contributed by atoms with Gasteiger partial charge in [-0.1, -0.05) is 182 Å². The van der Waals surface area contributed by atoms with E-state index < -0.39 is 0 Å². The summed E-state index contributed by atoms with van der Waals surface area (Å²) in [5, 5.41) is 15.6. The van der Waals surface area contributed by atoms with Crippen LogP contribution in [0.4, 0.5) is 0 Å². The highest BCUT2D eigenvalue weighted by molar-refractivity contribution is 6.34. The molecule has 55 heavy (non-hydrogen) atoms. The summed E-state index contributed by atoms with van der Waals surface area (Å²) in [4.78, 5) is 11.0. The Balaban J connectivity index is 1.20. The molecule has 0 fully saturated rings. The monoisotopic (exact) mass is 697 g/mol. The fraction of sp³-hybridized carbons (Fsp3) is 0. The van der Waals surface area contributed by atoms with Gasteiger partial charge in [0.25, 0.3) is 0 Å². The van der Waals surface area contributed by atoms with Crippen molar-refractivity contribution in [2.75, 3.05) is 0 Å². The van der Waals surface area contributed by atoms with Gasteiger partial charge in [0.2, 0.25) is 5.95 Å². The van der Waals surface area contributed by atoms with Gasteiger partial charge in [-0.05, 0) is 60.3 Å². The van der Waals surface area contributed by atoms with E-state index in [0.29, 0.717) is 5.95 Å². The number of aromatic nitrogens is 3. The molecule has 0 spiro atoms. The summed E-state index contributed by atoms with van der Waals surface area (Å²) in [5.41, 5.74) is 7.52. The minimum atomic E-state index is 0.660. The first-order valence-electron chi connectivity index (χ1n) is 18.8. The molecule has 254 valence electrons. The minimum absolute atomic E-state index is 0.660. The van der Waals surface area contributed by atoms with Gasteiger partial charge in [0.15, 0.2) is 0 Å². The summed E-state index contributed by atoms with van der Waals surface area (Å²) in [7, 11) is 0. The summed E-state index contributed by atoms with van der Waals surface area (Å²) in [5.74, 6) is 0.660. The molecular weight excluding hydrogens is 667 g/mol. The number of benzene rings is 10. The lowest BCUT2D eigenvalue weighted by atomic mass is 9.93. The number of nitrogens with zero attached hydrogens (tertiary/aromatic N) is 3. The largest absolute Gasteiger partial charge is 0.277 e. The molecule has 12 rings (SSSR count). The second kappa shape index (κ2) is 11.6. The van der Waals surface area contributed by atoms with Gasteiger partial charge in [-0.2, -0.15) is 0 Å². The Morgan fingerprint density at radius 1 is 0.309 bits per heavy atom. The Hall–Kier alpha value is -7.36. The van der Waals surface area contributed by atoms with Crippen LogP contribution in [-0.2, 0) is 0 Å². The summed E-state index contributed by atoms with van der Waals surface area (Å²) >= 11 is 0. The Bertz CT molecular complexity index is 3500. The van der Waals surface area contributed by atoms with Crippen LogP contribution in [0.15, 0.2) is 188 Å². The molecule has 0 unspecified atom stereocenters. The topological polar surface area (TPSA) is 30.7 Å². The van der Waals surface area contributed by atoms with Crippen LogP contribution in [0.1, 0.15) is 0 Å². The van der Waals surface area contributed by atoms with E-state index in [2.05, 4.69) is 193 Å². The van der Waals surface area contributed by atoms with Crippen molar-refractivity contribution in [1.29, 1.82) is 0 Å². The van der Waals surface area contributed by atoms with E-state index in [4.69, 9.17) is 9.97 Å². The lowest BCUT2D eigenvalue weighted by Gasteiger charge is -2.15. The Morgan fingerprint density at radius 2 is 0.818 bits per heavy atom. The number of hydrogen-bond acceptors (Lipinski definition) is 2. The van der Waals surface area contributed by atoms with Crippen LogP contribution in [0.2, 0.25) is 0 Å². The van der Waals surface area contributed by atoms with Crippen LogP contribution in [0, 0.1) is 0 Å². The summed E-state index contributed by atoms with van der Waals surface area (Å²) in [6, 6.07) is 67.8. The van der Waals surface area contributed by atoms with Gasteiger partial charge in [-0.3, -0.25) is 4.57 Å². The standard InChI is InChI=1S/C52H31N3/c1-3-15-36-32(12-1)14-11-22-37(36)34-24-26-35(27-25-34)49-46-21-9-10-23-47(46)53-52(54-49)55-50-38-16-4-2-13-33(38)28-29-44(50)45-31-30-43-41-19-6-5-17-39(41)40-18-7-8-20-42(40)48(43)51(45)55/h1-31H. The zero-order chi connectivity index (χ0) is 36.0. The molecule has 0 saturated carbocycles. The van der Waals surface area contributed by atoms with Gasteiger partial charge >= 0.3 is 0 Å². The molecule has 0 saturated heterocycles. The second-order valence-corrected chi connectivity index (χ2v) is 14.5. The number of fused-ring (bicyclic) bond motifs is 14. The fourth-order valence-corrected chi connectivity index (χ4v) is 9.12. The maximum Gasteiger partial charge on any atom is 0.235 e. The molecule has 3 nitrogen and oxygen atoms in total. The predicted molar refractivity (Wildman–Crippen MR) is 232 cm³/mol. The highest BCUT2D eigenvalue weighted by Crippen LogP contribution is 2.44. The number of rotatable bonds is 3. The van der Waals surface area contributed by atoms with Crippen LogP contribution < -0.4 is 0 Å². The molecule has 2 aromatic heterocycles. The molecule has 0 atom stereocenters. The molecule has 0 aliphatic carbocycles. The van der Waals surface area contributed by atoms with E-state index in [1.165, 1.54) is 75.8 Å². The van der Waals surface area contributed by atoms with Gasteiger partial charge in [0, 0.05) is 32.5 Å². The van der Waals surface area contributed by atoms with E-state index in [1.54, 1.807) is 0 Å². The third-order valence-electron chi connectivity index (χ3n) is 11.6. The van der Waals surface area contributed by atoms with Gasteiger partial charge < -0.3 is 0 Å². The summed E-state index contributed by atoms with van der Waals surface area (Å²) in [6.45, 7) is 0. The van der Waals surface area contributed by atoms with Crippen LogP contribution in [0.5, 0.6) is 0 Å². The molecule has 0 N–H and O–H groups in total. The molecule has 10 aromatic carbocycles. The smallest absolute Gasteiger partial charge is 0.235 e. The van der Waals surface area contributed by atoms with Crippen LogP contribution in [0.3, 0.4) is 0 Å². The lowest BCUT2D eigenvalue weighted by Crippen LogP contribution is -2.04. The van der Waals surface area contributed by atoms with Crippen molar-refractivity contribution in [1.82, 2.24) is 14.5 Å². The summed E-state index contributed by atoms with van der Waals surface area (Å²) in [6.07, 6.45) is 0. The first-order chi connectivity index (χ1) is 27.3. The van der Waals surface area contributed by atoms with Crippen LogP contribution >= 0.6 is 0 Å². The number of para-hydroxylation sites is 1. The van der Waals surface area contributed by atoms with Gasteiger partial charge in [-0.25, -0.2) is 9.97 Å². The first-order valence-corrected chi connectivity index (χ1v) is 18.8. The molecule has 0 aliphatic rings. The van der Waals surface area contributed by atoms with Crippen molar-refractivity contribution < 1.29 is 0 Å². The molecule has 0 bridgehead atoms. The van der Waals surface area contributed by atoms with Gasteiger partial charge in [0.1, 0.15) is 0 Å². The molecule has 0 aliphatic heterocycles. The molecule has 12 aromatic rings. The van der Waals surface area contributed by atoms with E-state index >= 15 is 0 Å². The summed E-state index contributed by atoms with van der Waals surface area (Å²) < 4.78 is 2.36. The first kappa shape index (κ1) is 30.1. The minimum Gasteiger partial charge on any atom is -0.277 e. The third-order valence-corrected chi connectivity index (χ3v) is 11.6. The second-order valence-electron chi connectivity index (χ2n) is 14.5. The van der Waals surface area contributed by atoms with E-state index in [-0.39, 0.29) is 0 Å². The third kappa shape index (κ3) is 4.38. The van der Waals surface area contributed by atoms with Crippen molar-refractivity contribution in [3.8, 4) is 28.3 Å². The van der Waals surface area contributed by atoms with Crippen LogP contribution in [0.25, 0.3) is 115 Å². The average molecular weight is 698 g/mol.